The third-order valence-electron chi connectivity index (χ3n) is 3.98. The largest absolute Gasteiger partial charge is 0.341 e. The summed E-state index contributed by atoms with van der Waals surface area (Å²) in [4.78, 5) is 11.0. The number of nitrogens with one attached hydrogen (secondary N) is 1. The lowest BCUT2D eigenvalue weighted by atomic mass is 10.0. The second kappa shape index (κ2) is 7.08. The topological polar surface area (TPSA) is 31.9 Å². The minimum atomic E-state index is 0.373. The maximum Gasteiger partial charge on any atom is 0.124 e. The maximum absolute atomic E-state index is 4.86. The predicted octanol–water partition coefficient (Wildman–Crippen LogP) is 4.69. The highest BCUT2D eigenvalue weighted by Crippen LogP contribution is 2.29. The van der Waals surface area contributed by atoms with Gasteiger partial charge < -0.3 is 4.98 Å². The van der Waals surface area contributed by atoms with Crippen LogP contribution >= 0.6 is 0 Å². The van der Waals surface area contributed by atoms with Crippen molar-refractivity contribution in [2.75, 3.05) is 13.1 Å². The molecule has 1 aromatic heterocycles. The van der Waals surface area contributed by atoms with Gasteiger partial charge in [0.05, 0.1) is 17.1 Å². The van der Waals surface area contributed by atoms with E-state index in [0.29, 0.717) is 12.0 Å². The summed E-state index contributed by atoms with van der Waals surface area (Å²) in [7, 11) is 0. The number of imidazole rings is 1. The molecule has 1 aromatic carbocycles. The summed E-state index contributed by atoms with van der Waals surface area (Å²) in [5.74, 6) is 1.66. The van der Waals surface area contributed by atoms with Crippen LogP contribution in [0.2, 0.25) is 0 Å². The molecular weight excluding hydrogens is 258 g/mol. The predicted molar refractivity (Wildman–Crippen MR) is 90.6 cm³/mol. The first-order chi connectivity index (χ1) is 10.1. The zero-order chi connectivity index (χ0) is 15.4. The van der Waals surface area contributed by atoms with Crippen molar-refractivity contribution in [3.05, 3.63) is 29.6 Å². The molecule has 0 spiro atoms. The van der Waals surface area contributed by atoms with Crippen LogP contribution in [0.25, 0.3) is 11.0 Å². The van der Waals surface area contributed by atoms with Gasteiger partial charge in [-0.2, -0.15) is 0 Å². The van der Waals surface area contributed by atoms with Crippen LogP contribution in [0.3, 0.4) is 0 Å². The average Bonchev–Trinajstić information content (AvgIpc) is 2.81. The van der Waals surface area contributed by atoms with E-state index >= 15 is 0 Å². The van der Waals surface area contributed by atoms with Crippen LogP contribution in [0, 0.1) is 12.8 Å². The van der Waals surface area contributed by atoms with Crippen LogP contribution in [0.4, 0.5) is 0 Å². The number of H-pyrrole nitrogens is 1. The van der Waals surface area contributed by atoms with Crippen LogP contribution in [0.5, 0.6) is 0 Å². The van der Waals surface area contributed by atoms with Crippen molar-refractivity contribution in [3.63, 3.8) is 0 Å². The first-order valence-corrected chi connectivity index (χ1v) is 8.27. The summed E-state index contributed by atoms with van der Waals surface area (Å²) >= 11 is 0. The molecule has 3 heteroatoms. The molecule has 1 unspecified atom stereocenters. The molecule has 21 heavy (non-hydrogen) atoms. The van der Waals surface area contributed by atoms with Crippen LogP contribution in [-0.2, 0) is 0 Å². The lowest BCUT2D eigenvalue weighted by Crippen LogP contribution is -2.34. The van der Waals surface area contributed by atoms with E-state index in [-0.39, 0.29) is 0 Å². The molecular formula is C18H29N3. The van der Waals surface area contributed by atoms with Gasteiger partial charge in [-0.25, -0.2) is 4.98 Å². The lowest BCUT2D eigenvalue weighted by molar-refractivity contribution is 0.149. The third-order valence-corrected chi connectivity index (χ3v) is 3.98. The number of hydrogen-bond donors (Lipinski definition) is 1. The van der Waals surface area contributed by atoms with Gasteiger partial charge in [0.2, 0.25) is 0 Å². The molecule has 0 bridgehead atoms. The van der Waals surface area contributed by atoms with Gasteiger partial charge in [-0.05, 0) is 56.5 Å². The molecule has 1 atom stereocenters. The highest BCUT2D eigenvalue weighted by molar-refractivity contribution is 5.75. The summed E-state index contributed by atoms with van der Waals surface area (Å²) in [6.07, 6.45) is 2.37. The number of rotatable bonds is 7. The van der Waals surface area contributed by atoms with E-state index < -0.39 is 0 Å². The SMILES string of the molecule is CCCN(CCC)C(c1nc2ccc(C)cc2[nH]1)C(C)C. The Hall–Kier alpha value is -1.35. The number of aromatic amines is 1. The molecule has 0 saturated carbocycles. The quantitative estimate of drug-likeness (QED) is 0.801. The molecule has 0 fully saturated rings. The lowest BCUT2D eigenvalue weighted by Gasteiger charge is -2.32. The number of hydrogen-bond acceptors (Lipinski definition) is 2. The average molecular weight is 287 g/mol. The van der Waals surface area contributed by atoms with E-state index in [9.17, 15) is 0 Å². The number of fused-ring (bicyclic) bond motifs is 1. The molecule has 1 heterocycles. The van der Waals surface area contributed by atoms with Crippen LogP contribution in [-0.4, -0.2) is 28.0 Å². The highest BCUT2D eigenvalue weighted by Gasteiger charge is 2.25. The molecule has 1 N–H and O–H groups in total. The Balaban J connectivity index is 2.38. The standard InChI is InChI=1S/C18H29N3/c1-6-10-21(11-7-2)17(13(3)4)18-19-15-9-8-14(5)12-16(15)20-18/h8-9,12-13,17H,6-7,10-11H2,1-5H3,(H,19,20). The Morgan fingerprint density at radius 1 is 1.14 bits per heavy atom. The van der Waals surface area contributed by atoms with Crippen LogP contribution in [0.15, 0.2) is 18.2 Å². The van der Waals surface area contributed by atoms with Gasteiger partial charge in [0, 0.05) is 0 Å². The summed E-state index contributed by atoms with van der Waals surface area (Å²) in [6, 6.07) is 6.81. The molecule has 116 valence electrons. The van der Waals surface area contributed by atoms with E-state index in [2.05, 4.69) is 62.7 Å². The first kappa shape index (κ1) is 16.0. The smallest absolute Gasteiger partial charge is 0.124 e. The molecule has 0 amide bonds. The highest BCUT2D eigenvalue weighted by atomic mass is 15.2. The minimum absolute atomic E-state index is 0.373. The second-order valence-corrected chi connectivity index (χ2v) is 6.37. The fourth-order valence-corrected chi connectivity index (χ4v) is 3.16. The molecule has 3 nitrogen and oxygen atoms in total. The van der Waals surface area contributed by atoms with Gasteiger partial charge >= 0.3 is 0 Å². The van der Waals surface area contributed by atoms with Crippen molar-refractivity contribution in [3.8, 4) is 0 Å². The normalized spacial score (nSPS) is 13.5. The molecule has 0 aliphatic rings. The number of aryl methyl sites for hydroxylation is 1. The van der Waals surface area contributed by atoms with Crippen molar-refractivity contribution in [1.82, 2.24) is 14.9 Å². The summed E-state index contributed by atoms with van der Waals surface area (Å²) in [5.41, 5.74) is 3.51. The molecule has 0 saturated heterocycles. The van der Waals surface area contributed by atoms with Gasteiger partial charge in [-0.1, -0.05) is 33.8 Å². The van der Waals surface area contributed by atoms with E-state index in [4.69, 9.17) is 4.98 Å². The Labute approximate surface area is 128 Å². The van der Waals surface area contributed by atoms with Crippen molar-refractivity contribution in [2.45, 2.75) is 53.5 Å². The van der Waals surface area contributed by atoms with Crippen molar-refractivity contribution >= 4 is 11.0 Å². The second-order valence-electron chi connectivity index (χ2n) is 6.37. The Morgan fingerprint density at radius 3 is 2.38 bits per heavy atom. The first-order valence-electron chi connectivity index (χ1n) is 8.27. The minimum Gasteiger partial charge on any atom is -0.341 e. The van der Waals surface area contributed by atoms with Gasteiger partial charge in [0.15, 0.2) is 0 Å². The molecule has 0 radical (unpaired) electrons. The number of benzene rings is 1. The van der Waals surface area contributed by atoms with E-state index in [0.717, 1.165) is 29.9 Å². The molecule has 0 aliphatic heterocycles. The van der Waals surface area contributed by atoms with Gasteiger partial charge in [0.1, 0.15) is 5.82 Å². The molecule has 0 aliphatic carbocycles. The zero-order valence-electron chi connectivity index (χ0n) is 14.1. The summed E-state index contributed by atoms with van der Waals surface area (Å²) in [6.45, 7) is 13.5. The Kier molecular flexibility index (Phi) is 5.40. The summed E-state index contributed by atoms with van der Waals surface area (Å²) in [5, 5.41) is 0. The molecule has 2 rings (SSSR count). The monoisotopic (exact) mass is 287 g/mol. The van der Waals surface area contributed by atoms with Crippen LogP contribution < -0.4 is 0 Å². The third kappa shape index (κ3) is 3.65. The zero-order valence-corrected chi connectivity index (χ0v) is 14.1. The van der Waals surface area contributed by atoms with Crippen molar-refractivity contribution in [2.24, 2.45) is 5.92 Å². The fourth-order valence-electron chi connectivity index (χ4n) is 3.16. The number of aromatic nitrogens is 2. The fraction of sp³-hybridized carbons (Fsp3) is 0.611. The Morgan fingerprint density at radius 2 is 1.81 bits per heavy atom. The van der Waals surface area contributed by atoms with E-state index in [1.54, 1.807) is 0 Å². The van der Waals surface area contributed by atoms with Gasteiger partial charge in [0.25, 0.3) is 0 Å². The maximum atomic E-state index is 4.86. The van der Waals surface area contributed by atoms with Gasteiger partial charge in [-0.15, -0.1) is 0 Å². The van der Waals surface area contributed by atoms with E-state index in [1.165, 1.54) is 18.4 Å². The Bertz CT molecular complexity index is 565. The van der Waals surface area contributed by atoms with Gasteiger partial charge in [-0.3, -0.25) is 4.90 Å². The molecule has 2 aromatic rings. The number of nitrogens with zero attached hydrogens (tertiary/aromatic N) is 2. The van der Waals surface area contributed by atoms with Crippen LogP contribution in [0.1, 0.15) is 58.0 Å². The van der Waals surface area contributed by atoms with Crippen molar-refractivity contribution < 1.29 is 0 Å². The van der Waals surface area contributed by atoms with Crippen molar-refractivity contribution in [1.29, 1.82) is 0 Å². The summed E-state index contributed by atoms with van der Waals surface area (Å²) < 4.78 is 0. The van der Waals surface area contributed by atoms with E-state index in [1.807, 2.05) is 0 Å².